The Bertz CT molecular complexity index is 471. The molecule has 3 heteroatoms. The monoisotopic (exact) mass is 233 g/mol. The van der Waals surface area contributed by atoms with Gasteiger partial charge in [-0.1, -0.05) is 0 Å². The van der Waals surface area contributed by atoms with Crippen LogP contribution in [0.15, 0.2) is 18.2 Å². The van der Waals surface area contributed by atoms with Gasteiger partial charge in [0.25, 0.3) is 0 Å². The molecule has 2 aliphatic rings. The highest BCUT2D eigenvalue weighted by molar-refractivity contribution is 5.99. The summed E-state index contributed by atoms with van der Waals surface area (Å²) in [6.07, 6.45) is 3.74. The van der Waals surface area contributed by atoms with Crippen molar-refractivity contribution in [2.24, 2.45) is 5.92 Å². The number of hydrogen-bond donors (Lipinski definition) is 0. The van der Waals surface area contributed by atoms with Crippen LogP contribution in [0.25, 0.3) is 0 Å². The maximum Gasteiger partial charge on any atom is 0.161 e. The molecule has 0 aromatic heterocycles. The van der Waals surface area contributed by atoms with Gasteiger partial charge in [0, 0.05) is 23.8 Å². The second-order valence-corrected chi connectivity index (χ2v) is 5.20. The first-order valence-electron chi connectivity index (χ1n) is 6.22. The van der Waals surface area contributed by atoms with E-state index in [1.165, 1.54) is 38.3 Å². The fourth-order valence-electron chi connectivity index (χ4n) is 3.26. The number of carbonyl (C=O) groups is 1. The van der Waals surface area contributed by atoms with E-state index in [1.54, 1.807) is 6.07 Å². The number of nitrogens with zero attached hydrogens (tertiary/aromatic N) is 1. The van der Waals surface area contributed by atoms with E-state index >= 15 is 0 Å². The average Bonchev–Trinajstić information content (AvgIpc) is 2.90. The molecule has 2 bridgehead atoms. The Kier molecular flexibility index (Phi) is 2.42. The van der Waals surface area contributed by atoms with Gasteiger partial charge >= 0.3 is 0 Å². The van der Waals surface area contributed by atoms with Crippen LogP contribution >= 0.6 is 0 Å². The lowest BCUT2D eigenvalue weighted by Gasteiger charge is -2.30. The zero-order valence-corrected chi connectivity index (χ0v) is 9.95. The number of anilines is 1. The van der Waals surface area contributed by atoms with E-state index in [0.717, 1.165) is 18.2 Å². The maximum atomic E-state index is 13.2. The molecule has 1 aromatic carbocycles. The predicted molar refractivity (Wildman–Crippen MR) is 64.9 cm³/mol. The molecule has 1 aliphatic carbocycles. The summed E-state index contributed by atoms with van der Waals surface area (Å²) in [6, 6.07) is 5.13. The number of ketones is 1. The number of halogens is 1. The first-order chi connectivity index (χ1) is 8.15. The number of fused-ring (bicyclic) bond motifs is 2. The molecule has 0 radical (unpaired) electrons. The molecule has 2 unspecified atom stereocenters. The molecular weight excluding hydrogens is 217 g/mol. The van der Waals surface area contributed by atoms with Crippen LogP contribution in [0.5, 0.6) is 0 Å². The van der Waals surface area contributed by atoms with E-state index in [9.17, 15) is 9.18 Å². The molecule has 1 saturated carbocycles. The summed E-state index contributed by atoms with van der Waals surface area (Å²) >= 11 is 0. The van der Waals surface area contributed by atoms with Gasteiger partial charge < -0.3 is 4.90 Å². The Labute approximate surface area is 100 Å². The minimum atomic E-state index is -0.330. The summed E-state index contributed by atoms with van der Waals surface area (Å²) < 4.78 is 13.2. The number of hydrogen-bond acceptors (Lipinski definition) is 2. The normalized spacial score (nSPS) is 26.6. The summed E-state index contributed by atoms with van der Waals surface area (Å²) in [6.45, 7) is 2.53. The van der Waals surface area contributed by atoms with Gasteiger partial charge in [0.15, 0.2) is 5.78 Å². The average molecular weight is 233 g/mol. The molecule has 0 spiro atoms. The van der Waals surface area contributed by atoms with Crippen molar-refractivity contribution in [3.05, 3.63) is 29.6 Å². The first kappa shape index (κ1) is 10.8. The highest BCUT2D eigenvalue weighted by Gasteiger charge is 2.38. The van der Waals surface area contributed by atoms with Crippen LogP contribution in [0.4, 0.5) is 10.1 Å². The Morgan fingerprint density at radius 1 is 1.41 bits per heavy atom. The van der Waals surface area contributed by atoms with Crippen LogP contribution < -0.4 is 4.90 Å². The number of benzene rings is 1. The smallest absolute Gasteiger partial charge is 0.161 e. The van der Waals surface area contributed by atoms with Crippen molar-refractivity contribution in [2.75, 3.05) is 11.4 Å². The molecule has 17 heavy (non-hydrogen) atoms. The second-order valence-electron chi connectivity index (χ2n) is 5.20. The lowest BCUT2D eigenvalue weighted by atomic mass is 10.0. The Morgan fingerprint density at radius 3 is 2.82 bits per heavy atom. The van der Waals surface area contributed by atoms with Gasteiger partial charge in [-0.15, -0.1) is 0 Å². The van der Waals surface area contributed by atoms with E-state index in [2.05, 4.69) is 4.90 Å². The van der Waals surface area contributed by atoms with E-state index < -0.39 is 0 Å². The van der Waals surface area contributed by atoms with Gasteiger partial charge in [0.1, 0.15) is 5.82 Å². The Morgan fingerprint density at radius 2 is 2.24 bits per heavy atom. The summed E-state index contributed by atoms with van der Waals surface area (Å²) in [5.41, 5.74) is 1.45. The summed E-state index contributed by atoms with van der Waals surface area (Å²) in [4.78, 5) is 13.9. The standard InChI is InChI=1S/C14H16FNO/c1-9(17)13-7-11(15)3-5-14(13)16-8-10-2-4-12(16)6-10/h3,5,7,10,12H,2,4,6,8H2,1H3. The van der Waals surface area contributed by atoms with Gasteiger partial charge in [0.05, 0.1) is 0 Å². The minimum absolute atomic E-state index is 0.0535. The first-order valence-corrected chi connectivity index (χ1v) is 6.22. The number of rotatable bonds is 2. The largest absolute Gasteiger partial charge is 0.368 e. The lowest BCUT2D eigenvalue weighted by Crippen LogP contribution is -2.33. The van der Waals surface area contributed by atoms with Crippen LogP contribution in [0.3, 0.4) is 0 Å². The molecule has 2 fully saturated rings. The fourth-order valence-corrected chi connectivity index (χ4v) is 3.26. The van der Waals surface area contributed by atoms with Crippen LogP contribution in [-0.4, -0.2) is 18.4 Å². The number of carbonyl (C=O) groups excluding carboxylic acids is 1. The van der Waals surface area contributed by atoms with E-state index in [1.807, 2.05) is 0 Å². The highest BCUT2D eigenvalue weighted by atomic mass is 19.1. The predicted octanol–water partition coefficient (Wildman–Crippen LogP) is 3.02. The highest BCUT2D eigenvalue weighted by Crippen LogP contribution is 2.41. The van der Waals surface area contributed by atoms with Crippen LogP contribution in [0.1, 0.15) is 36.5 Å². The van der Waals surface area contributed by atoms with Crippen molar-refractivity contribution >= 4 is 11.5 Å². The maximum absolute atomic E-state index is 13.2. The molecular formula is C14H16FNO. The number of Topliss-reactive ketones (excluding diaryl/α,β-unsaturated/α-hetero) is 1. The lowest BCUT2D eigenvalue weighted by molar-refractivity contribution is 0.101. The van der Waals surface area contributed by atoms with Crippen molar-refractivity contribution in [3.8, 4) is 0 Å². The van der Waals surface area contributed by atoms with Gasteiger partial charge in [-0.05, 0) is 50.3 Å². The molecule has 1 heterocycles. The summed E-state index contributed by atoms with van der Waals surface area (Å²) in [7, 11) is 0. The van der Waals surface area contributed by atoms with Gasteiger partial charge in [-0.2, -0.15) is 0 Å². The van der Waals surface area contributed by atoms with Gasteiger partial charge in [0.2, 0.25) is 0 Å². The molecule has 90 valence electrons. The van der Waals surface area contributed by atoms with E-state index in [0.29, 0.717) is 11.6 Å². The zero-order valence-electron chi connectivity index (χ0n) is 9.95. The molecule has 2 atom stereocenters. The third-order valence-corrected chi connectivity index (χ3v) is 4.06. The van der Waals surface area contributed by atoms with Gasteiger partial charge in [-0.25, -0.2) is 4.39 Å². The molecule has 2 nitrogen and oxygen atoms in total. The molecule has 0 N–H and O–H groups in total. The van der Waals surface area contributed by atoms with Crippen molar-refractivity contribution in [2.45, 2.75) is 32.2 Å². The zero-order chi connectivity index (χ0) is 12.0. The fraction of sp³-hybridized carbons (Fsp3) is 0.500. The van der Waals surface area contributed by atoms with Crippen LogP contribution in [0.2, 0.25) is 0 Å². The molecule has 1 saturated heterocycles. The van der Waals surface area contributed by atoms with E-state index in [-0.39, 0.29) is 11.6 Å². The quantitative estimate of drug-likeness (QED) is 0.732. The van der Waals surface area contributed by atoms with Crippen molar-refractivity contribution in [1.29, 1.82) is 0 Å². The third kappa shape index (κ3) is 1.74. The van der Waals surface area contributed by atoms with E-state index in [4.69, 9.17) is 0 Å². The number of piperidine rings is 1. The Hall–Kier alpha value is -1.38. The van der Waals surface area contributed by atoms with Crippen molar-refractivity contribution in [1.82, 2.24) is 0 Å². The molecule has 1 aliphatic heterocycles. The summed E-state index contributed by atoms with van der Waals surface area (Å²) in [5, 5.41) is 0. The van der Waals surface area contributed by atoms with Crippen LogP contribution in [-0.2, 0) is 0 Å². The summed E-state index contributed by atoms with van der Waals surface area (Å²) in [5.74, 6) is 0.385. The second kappa shape index (κ2) is 3.83. The topological polar surface area (TPSA) is 20.3 Å². The third-order valence-electron chi connectivity index (χ3n) is 4.06. The van der Waals surface area contributed by atoms with Crippen molar-refractivity contribution < 1.29 is 9.18 Å². The molecule has 3 rings (SSSR count). The SMILES string of the molecule is CC(=O)c1cc(F)ccc1N1CC2CCC1C2. The van der Waals surface area contributed by atoms with Crippen molar-refractivity contribution in [3.63, 3.8) is 0 Å². The van der Waals surface area contributed by atoms with Gasteiger partial charge in [-0.3, -0.25) is 4.79 Å². The minimum Gasteiger partial charge on any atom is -0.368 e. The Balaban J connectivity index is 2.00. The molecule has 1 aromatic rings. The van der Waals surface area contributed by atoms with Crippen LogP contribution in [0, 0.1) is 11.7 Å². The molecule has 0 amide bonds.